The van der Waals surface area contributed by atoms with E-state index in [1.54, 1.807) is 0 Å². The van der Waals surface area contributed by atoms with Crippen LogP contribution in [0.4, 0.5) is 0 Å². The number of benzene rings is 2. The molecule has 5 rings (SSSR count). The van der Waals surface area contributed by atoms with Crippen molar-refractivity contribution in [1.29, 1.82) is 0 Å². The quantitative estimate of drug-likeness (QED) is 0.325. The highest BCUT2D eigenvalue weighted by Crippen LogP contribution is 2.48. The maximum atomic E-state index is 6.52. The first-order valence-corrected chi connectivity index (χ1v) is 13.3. The molecule has 0 atom stereocenters. The first-order valence-electron chi connectivity index (χ1n) is 12.5. The van der Waals surface area contributed by atoms with Crippen molar-refractivity contribution < 1.29 is 9.47 Å². The summed E-state index contributed by atoms with van der Waals surface area (Å²) in [5, 5.41) is 1.25. The van der Waals surface area contributed by atoms with E-state index in [9.17, 15) is 0 Å². The third-order valence-corrected chi connectivity index (χ3v) is 8.25. The van der Waals surface area contributed by atoms with Gasteiger partial charge in [-0.05, 0) is 87.5 Å². The van der Waals surface area contributed by atoms with Crippen LogP contribution < -0.4 is 9.47 Å². The van der Waals surface area contributed by atoms with E-state index in [0.29, 0.717) is 5.92 Å². The highest BCUT2D eigenvalue weighted by atomic mass is 32.1. The van der Waals surface area contributed by atoms with Crippen molar-refractivity contribution in [3.63, 3.8) is 0 Å². The fourth-order valence-electron chi connectivity index (χ4n) is 5.16. The molecule has 32 heavy (non-hydrogen) atoms. The number of thiophene rings is 1. The van der Waals surface area contributed by atoms with Gasteiger partial charge in [-0.3, -0.25) is 0 Å². The SMILES string of the molecule is c1ccc2c(Oc3ccc(OCCCN4CCCCC4)cc3)c(C3CCCCC3)sc2c1. The summed E-state index contributed by atoms with van der Waals surface area (Å²) in [6.07, 6.45) is 11.8. The van der Waals surface area contributed by atoms with E-state index in [-0.39, 0.29) is 0 Å². The van der Waals surface area contributed by atoms with Crippen molar-refractivity contribution in [3.8, 4) is 17.2 Å². The van der Waals surface area contributed by atoms with E-state index in [4.69, 9.17) is 9.47 Å². The number of nitrogens with zero attached hydrogens (tertiary/aromatic N) is 1. The van der Waals surface area contributed by atoms with E-state index >= 15 is 0 Å². The van der Waals surface area contributed by atoms with Gasteiger partial charge in [-0.15, -0.1) is 11.3 Å². The second-order valence-electron chi connectivity index (χ2n) is 9.30. The van der Waals surface area contributed by atoms with Gasteiger partial charge in [-0.2, -0.15) is 0 Å². The predicted molar refractivity (Wildman–Crippen MR) is 135 cm³/mol. The monoisotopic (exact) mass is 449 g/mol. The minimum atomic E-state index is 0.638. The van der Waals surface area contributed by atoms with Crippen LogP contribution in [0.2, 0.25) is 0 Å². The highest BCUT2D eigenvalue weighted by Gasteiger charge is 2.24. The molecule has 2 aliphatic rings. The van der Waals surface area contributed by atoms with Crippen LogP contribution in [0.3, 0.4) is 0 Å². The minimum Gasteiger partial charge on any atom is -0.494 e. The second-order valence-corrected chi connectivity index (χ2v) is 10.4. The third kappa shape index (κ3) is 5.29. The van der Waals surface area contributed by atoms with Gasteiger partial charge in [0.1, 0.15) is 17.2 Å². The summed E-state index contributed by atoms with van der Waals surface area (Å²) in [4.78, 5) is 4.00. The molecule has 0 radical (unpaired) electrons. The van der Waals surface area contributed by atoms with E-state index in [1.165, 1.54) is 79.4 Å². The molecule has 4 heteroatoms. The molecule has 1 aliphatic heterocycles. The molecule has 2 aromatic carbocycles. The smallest absolute Gasteiger partial charge is 0.149 e. The molecule has 1 aromatic heterocycles. The molecule has 0 N–H and O–H groups in total. The summed E-state index contributed by atoms with van der Waals surface area (Å²) in [5.41, 5.74) is 0. The molecule has 3 aromatic rings. The van der Waals surface area contributed by atoms with Gasteiger partial charge in [0, 0.05) is 16.6 Å². The highest BCUT2D eigenvalue weighted by molar-refractivity contribution is 7.19. The van der Waals surface area contributed by atoms with Crippen molar-refractivity contribution in [3.05, 3.63) is 53.4 Å². The molecule has 2 heterocycles. The maximum Gasteiger partial charge on any atom is 0.149 e. The van der Waals surface area contributed by atoms with E-state index in [2.05, 4.69) is 41.3 Å². The van der Waals surface area contributed by atoms with Gasteiger partial charge in [0.25, 0.3) is 0 Å². The predicted octanol–water partition coefficient (Wildman–Crippen LogP) is 8.00. The van der Waals surface area contributed by atoms with Gasteiger partial charge in [-0.25, -0.2) is 0 Å². The number of likely N-dealkylation sites (tertiary alicyclic amines) is 1. The van der Waals surface area contributed by atoms with Gasteiger partial charge in [0.2, 0.25) is 0 Å². The molecule has 0 spiro atoms. The number of hydrogen-bond acceptors (Lipinski definition) is 4. The Hall–Kier alpha value is -2.04. The van der Waals surface area contributed by atoms with E-state index in [0.717, 1.165) is 36.8 Å². The lowest BCUT2D eigenvalue weighted by Gasteiger charge is -2.26. The van der Waals surface area contributed by atoms with Crippen molar-refractivity contribution in [2.24, 2.45) is 0 Å². The minimum absolute atomic E-state index is 0.638. The van der Waals surface area contributed by atoms with Crippen LogP contribution in [-0.2, 0) is 0 Å². The Balaban J connectivity index is 1.22. The number of hydrogen-bond donors (Lipinski definition) is 0. The second kappa shape index (κ2) is 10.7. The average Bonchev–Trinajstić information content (AvgIpc) is 3.22. The van der Waals surface area contributed by atoms with Crippen LogP contribution in [0.5, 0.6) is 17.2 Å². The van der Waals surface area contributed by atoms with Gasteiger partial charge in [-0.1, -0.05) is 37.8 Å². The molecule has 0 amide bonds. The van der Waals surface area contributed by atoms with Crippen LogP contribution in [0, 0.1) is 0 Å². The molecule has 3 nitrogen and oxygen atoms in total. The van der Waals surface area contributed by atoms with Crippen LogP contribution in [0.25, 0.3) is 10.1 Å². The van der Waals surface area contributed by atoms with Crippen molar-refractivity contribution in [2.75, 3.05) is 26.2 Å². The Labute approximate surface area is 196 Å². The van der Waals surface area contributed by atoms with Crippen molar-refractivity contribution in [1.82, 2.24) is 4.90 Å². The molecule has 0 bridgehead atoms. The maximum absolute atomic E-state index is 6.52. The number of piperidine rings is 1. The lowest BCUT2D eigenvalue weighted by molar-refractivity contribution is 0.205. The lowest BCUT2D eigenvalue weighted by atomic mass is 9.88. The molecule has 1 aliphatic carbocycles. The largest absolute Gasteiger partial charge is 0.494 e. The lowest BCUT2D eigenvalue weighted by Crippen LogP contribution is -2.31. The molecule has 2 fully saturated rings. The Bertz CT molecular complexity index is 984. The zero-order valence-corrected chi connectivity index (χ0v) is 19.9. The summed E-state index contributed by atoms with van der Waals surface area (Å²) in [6.45, 7) is 4.44. The zero-order valence-electron chi connectivity index (χ0n) is 19.1. The summed E-state index contributed by atoms with van der Waals surface area (Å²) >= 11 is 1.92. The summed E-state index contributed by atoms with van der Waals surface area (Å²) in [5.74, 6) is 3.54. The molecular weight excluding hydrogens is 414 g/mol. The van der Waals surface area contributed by atoms with Crippen LogP contribution in [0.1, 0.15) is 68.6 Å². The fourth-order valence-corrected chi connectivity index (χ4v) is 6.46. The summed E-state index contributed by atoms with van der Waals surface area (Å²) in [7, 11) is 0. The standard InChI is InChI=1S/C28H35NO2S/c1-3-10-22(11-4-1)28-27(25-12-5-6-13-26(25)32-28)31-24-16-14-23(15-17-24)30-21-9-20-29-18-7-2-8-19-29/h5-6,12-17,22H,1-4,7-11,18-21H2. The van der Waals surface area contributed by atoms with Crippen molar-refractivity contribution in [2.45, 2.75) is 63.7 Å². The van der Waals surface area contributed by atoms with Gasteiger partial charge in [0.15, 0.2) is 0 Å². The Morgan fingerprint density at radius 2 is 1.53 bits per heavy atom. The van der Waals surface area contributed by atoms with Gasteiger partial charge in [0.05, 0.1) is 11.5 Å². The van der Waals surface area contributed by atoms with Gasteiger partial charge < -0.3 is 14.4 Å². The Kier molecular flexibility index (Phi) is 7.30. The zero-order chi connectivity index (χ0) is 21.6. The number of rotatable bonds is 8. The Morgan fingerprint density at radius 3 is 2.34 bits per heavy atom. The number of fused-ring (bicyclic) bond motifs is 1. The summed E-state index contributed by atoms with van der Waals surface area (Å²) in [6, 6.07) is 16.9. The van der Waals surface area contributed by atoms with Gasteiger partial charge >= 0.3 is 0 Å². The fraction of sp³-hybridized carbons (Fsp3) is 0.500. The van der Waals surface area contributed by atoms with Crippen molar-refractivity contribution >= 4 is 21.4 Å². The number of ether oxygens (including phenoxy) is 2. The average molecular weight is 450 g/mol. The molecule has 1 saturated heterocycles. The first-order chi connectivity index (χ1) is 15.9. The summed E-state index contributed by atoms with van der Waals surface area (Å²) < 4.78 is 13.9. The Morgan fingerprint density at radius 1 is 0.812 bits per heavy atom. The van der Waals surface area contributed by atoms with Crippen LogP contribution in [-0.4, -0.2) is 31.1 Å². The molecular formula is C28H35NO2S. The van der Waals surface area contributed by atoms with E-state index in [1.807, 2.05) is 23.5 Å². The third-order valence-electron chi connectivity index (χ3n) is 6.93. The van der Waals surface area contributed by atoms with Crippen LogP contribution in [0.15, 0.2) is 48.5 Å². The molecule has 0 unspecified atom stereocenters. The van der Waals surface area contributed by atoms with E-state index < -0.39 is 0 Å². The first kappa shape index (κ1) is 21.8. The molecule has 1 saturated carbocycles. The normalized spacial score (nSPS) is 18.1. The molecule has 170 valence electrons. The topological polar surface area (TPSA) is 21.7 Å². The van der Waals surface area contributed by atoms with Crippen LogP contribution >= 0.6 is 11.3 Å².